The highest BCUT2D eigenvalue weighted by Gasteiger charge is 2.51. The lowest BCUT2D eigenvalue weighted by molar-refractivity contribution is 0.0105. The number of rotatable bonds is 4. The van der Waals surface area contributed by atoms with Gasteiger partial charge >= 0.3 is 0 Å². The van der Waals surface area contributed by atoms with Gasteiger partial charge in [0.15, 0.2) is 17.5 Å². The third kappa shape index (κ3) is 3.36. The van der Waals surface area contributed by atoms with Crippen molar-refractivity contribution >= 4 is 17.4 Å². The summed E-state index contributed by atoms with van der Waals surface area (Å²) in [6.07, 6.45) is 9.13. The van der Waals surface area contributed by atoms with Gasteiger partial charge in [0.2, 0.25) is 0 Å². The second-order valence-corrected chi connectivity index (χ2v) is 8.93. The van der Waals surface area contributed by atoms with Crippen LogP contribution in [0.25, 0.3) is 0 Å². The molecular weight excluding hydrogens is 379 g/mol. The van der Waals surface area contributed by atoms with Crippen LogP contribution in [0.3, 0.4) is 0 Å². The van der Waals surface area contributed by atoms with Crippen LogP contribution in [-0.4, -0.2) is 16.4 Å². The molecular formula is C22H22F3N3O. The fourth-order valence-corrected chi connectivity index (χ4v) is 5.98. The van der Waals surface area contributed by atoms with E-state index >= 15 is 0 Å². The van der Waals surface area contributed by atoms with Crippen molar-refractivity contribution < 1.29 is 18.0 Å². The predicted molar refractivity (Wildman–Crippen MR) is 103 cm³/mol. The topological polar surface area (TPSA) is 54.0 Å². The summed E-state index contributed by atoms with van der Waals surface area (Å²) >= 11 is 0. The first-order chi connectivity index (χ1) is 13.9. The summed E-state index contributed by atoms with van der Waals surface area (Å²) in [5.41, 5.74) is -0.0729. The lowest BCUT2D eigenvalue weighted by Crippen LogP contribution is -2.54. The number of nitrogens with one attached hydrogen (secondary N) is 2. The van der Waals surface area contributed by atoms with Gasteiger partial charge in [0.25, 0.3) is 5.91 Å². The lowest BCUT2D eigenvalue weighted by Gasteiger charge is -2.57. The minimum absolute atomic E-state index is 0.126. The van der Waals surface area contributed by atoms with Gasteiger partial charge in [-0.3, -0.25) is 4.79 Å². The molecule has 2 aromatic rings. The van der Waals surface area contributed by atoms with E-state index in [9.17, 15) is 18.0 Å². The van der Waals surface area contributed by atoms with Gasteiger partial charge in [0, 0.05) is 5.54 Å². The number of aromatic nitrogens is 1. The highest BCUT2D eigenvalue weighted by Crippen LogP contribution is 2.56. The molecule has 4 saturated carbocycles. The van der Waals surface area contributed by atoms with Crippen molar-refractivity contribution in [2.24, 2.45) is 17.8 Å². The molecule has 152 valence electrons. The Morgan fingerprint density at radius 3 is 2.17 bits per heavy atom. The molecule has 29 heavy (non-hydrogen) atoms. The standard InChI is InChI=1S/C22H22F3N3O/c23-17-3-2-16(19(24)20(17)25)21(29)27-15-1-4-18(26-11-15)28-22-8-12-5-13(9-22)7-14(6-12)10-22/h1-4,11-14H,5-10H2,(H,26,28)(H,27,29). The van der Waals surface area contributed by atoms with Gasteiger partial charge in [0.05, 0.1) is 17.4 Å². The molecule has 0 unspecified atom stereocenters. The van der Waals surface area contributed by atoms with Crippen LogP contribution in [0, 0.1) is 35.2 Å². The van der Waals surface area contributed by atoms with E-state index in [2.05, 4.69) is 15.6 Å². The van der Waals surface area contributed by atoms with Crippen LogP contribution in [0.5, 0.6) is 0 Å². The van der Waals surface area contributed by atoms with Crippen molar-refractivity contribution in [1.29, 1.82) is 0 Å². The van der Waals surface area contributed by atoms with Crippen LogP contribution in [0.4, 0.5) is 24.7 Å². The smallest absolute Gasteiger partial charge is 0.258 e. The van der Waals surface area contributed by atoms with Crippen molar-refractivity contribution in [2.75, 3.05) is 10.6 Å². The van der Waals surface area contributed by atoms with E-state index in [1.54, 1.807) is 12.1 Å². The largest absolute Gasteiger partial charge is 0.365 e. The highest BCUT2D eigenvalue weighted by atomic mass is 19.2. The maximum Gasteiger partial charge on any atom is 0.258 e. The minimum Gasteiger partial charge on any atom is -0.365 e. The molecule has 0 atom stereocenters. The first-order valence-corrected chi connectivity index (χ1v) is 10.1. The number of halogens is 3. The second kappa shape index (κ2) is 6.75. The molecule has 6 rings (SSSR count). The second-order valence-electron chi connectivity index (χ2n) is 8.93. The van der Waals surface area contributed by atoms with Gasteiger partial charge < -0.3 is 10.6 Å². The molecule has 2 N–H and O–H groups in total. The van der Waals surface area contributed by atoms with E-state index in [4.69, 9.17) is 0 Å². The van der Waals surface area contributed by atoms with Gasteiger partial charge in [0.1, 0.15) is 5.82 Å². The molecule has 0 saturated heterocycles. The number of hydrogen-bond donors (Lipinski definition) is 2. The third-order valence-electron chi connectivity index (χ3n) is 6.73. The van der Waals surface area contributed by atoms with Crippen molar-refractivity contribution in [2.45, 2.75) is 44.1 Å². The molecule has 4 aliphatic carbocycles. The van der Waals surface area contributed by atoms with Crippen molar-refractivity contribution in [3.63, 3.8) is 0 Å². The van der Waals surface area contributed by atoms with Crippen molar-refractivity contribution in [1.82, 2.24) is 4.98 Å². The average molecular weight is 401 g/mol. The normalized spacial score (nSPS) is 29.7. The van der Waals surface area contributed by atoms with Gasteiger partial charge in [-0.15, -0.1) is 0 Å². The Morgan fingerprint density at radius 1 is 0.931 bits per heavy atom. The fourth-order valence-electron chi connectivity index (χ4n) is 5.98. The van der Waals surface area contributed by atoms with E-state index in [-0.39, 0.29) is 5.54 Å². The molecule has 7 heteroatoms. The Morgan fingerprint density at radius 2 is 1.59 bits per heavy atom. The van der Waals surface area contributed by atoms with Crippen molar-refractivity contribution in [3.8, 4) is 0 Å². The maximum atomic E-state index is 13.8. The SMILES string of the molecule is O=C(Nc1ccc(NC23CC4CC(CC(C4)C2)C3)nc1)c1ccc(F)c(F)c1F. The molecule has 4 aliphatic rings. The Labute approximate surface area is 166 Å². The molecule has 4 nitrogen and oxygen atoms in total. The van der Waals surface area contributed by atoms with E-state index in [1.807, 2.05) is 0 Å². The zero-order chi connectivity index (χ0) is 20.2. The number of pyridine rings is 1. The zero-order valence-corrected chi connectivity index (χ0v) is 15.9. The minimum atomic E-state index is -1.66. The molecule has 1 aromatic carbocycles. The average Bonchev–Trinajstić information content (AvgIpc) is 2.66. The van der Waals surface area contributed by atoms with Gasteiger partial charge in [-0.05, 0) is 80.5 Å². The summed E-state index contributed by atoms with van der Waals surface area (Å²) in [5, 5.41) is 6.12. The summed E-state index contributed by atoms with van der Waals surface area (Å²) in [4.78, 5) is 16.6. The number of amides is 1. The number of nitrogens with zero attached hydrogens (tertiary/aromatic N) is 1. The molecule has 1 aromatic heterocycles. The van der Waals surface area contributed by atoms with E-state index in [0.29, 0.717) is 5.69 Å². The third-order valence-corrected chi connectivity index (χ3v) is 6.73. The molecule has 4 fully saturated rings. The van der Waals surface area contributed by atoms with E-state index in [1.165, 1.54) is 44.7 Å². The fraction of sp³-hybridized carbons (Fsp3) is 0.455. The molecule has 0 radical (unpaired) electrons. The first kappa shape index (κ1) is 18.5. The number of benzene rings is 1. The Hall–Kier alpha value is -2.57. The summed E-state index contributed by atoms with van der Waals surface area (Å²) in [5.74, 6) is -2.15. The van der Waals surface area contributed by atoms with Crippen LogP contribution in [0.15, 0.2) is 30.5 Å². The number of carbonyl (C=O) groups excluding carboxylic acids is 1. The Balaban J connectivity index is 1.27. The molecule has 1 amide bonds. The van der Waals surface area contributed by atoms with Crippen LogP contribution in [0.2, 0.25) is 0 Å². The number of anilines is 2. The quantitative estimate of drug-likeness (QED) is 0.698. The Bertz CT molecular complexity index is 925. The van der Waals surface area contributed by atoms with Crippen LogP contribution in [-0.2, 0) is 0 Å². The highest BCUT2D eigenvalue weighted by molar-refractivity contribution is 6.04. The summed E-state index contributed by atoms with van der Waals surface area (Å²) in [6.45, 7) is 0. The molecule has 4 bridgehead atoms. The van der Waals surface area contributed by atoms with Crippen LogP contribution < -0.4 is 10.6 Å². The van der Waals surface area contributed by atoms with Crippen LogP contribution in [0.1, 0.15) is 48.9 Å². The Kier molecular flexibility index (Phi) is 4.29. The zero-order valence-electron chi connectivity index (χ0n) is 15.9. The monoisotopic (exact) mass is 401 g/mol. The van der Waals surface area contributed by atoms with Crippen LogP contribution >= 0.6 is 0 Å². The summed E-state index contributed by atoms with van der Waals surface area (Å²) in [6, 6.07) is 5.10. The van der Waals surface area contributed by atoms with E-state index in [0.717, 1.165) is 35.7 Å². The van der Waals surface area contributed by atoms with Gasteiger partial charge in [-0.2, -0.15) is 0 Å². The molecule has 0 aliphatic heterocycles. The molecule has 0 spiro atoms. The van der Waals surface area contributed by atoms with E-state index < -0.39 is 28.9 Å². The first-order valence-electron chi connectivity index (χ1n) is 10.1. The summed E-state index contributed by atoms with van der Waals surface area (Å²) < 4.78 is 40.2. The predicted octanol–water partition coefficient (Wildman–Crippen LogP) is 5.13. The summed E-state index contributed by atoms with van der Waals surface area (Å²) in [7, 11) is 0. The van der Waals surface area contributed by atoms with Crippen molar-refractivity contribution in [3.05, 3.63) is 53.5 Å². The van der Waals surface area contributed by atoms with Gasteiger partial charge in [-0.25, -0.2) is 18.2 Å². The number of carbonyl (C=O) groups is 1. The maximum absolute atomic E-state index is 13.8. The van der Waals surface area contributed by atoms with Gasteiger partial charge in [-0.1, -0.05) is 0 Å². The molecule has 1 heterocycles. The lowest BCUT2D eigenvalue weighted by atomic mass is 9.53. The number of hydrogen-bond acceptors (Lipinski definition) is 3.